The fourth-order valence-electron chi connectivity index (χ4n) is 4.30. The molecule has 1 N–H and O–H groups in total. The molecule has 1 aromatic rings. The normalized spacial score (nSPS) is 28.8. The highest BCUT2D eigenvalue weighted by atomic mass is 15.3. The van der Waals surface area contributed by atoms with Crippen molar-refractivity contribution in [1.82, 2.24) is 15.1 Å². The fourth-order valence-corrected chi connectivity index (χ4v) is 4.30. The average molecular weight is 275 g/mol. The van der Waals surface area contributed by atoms with E-state index >= 15 is 0 Å². The van der Waals surface area contributed by atoms with E-state index in [0.29, 0.717) is 6.04 Å². The Bertz CT molecular complexity index is 475. The van der Waals surface area contributed by atoms with Crippen LogP contribution in [-0.4, -0.2) is 15.8 Å². The van der Waals surface area contributed by atoms with Crippen LogP contribution in [0.4, 0.5) is 0 Å². The van der Waals surface area contributed by atoms with Gasteiger partial charge in [-0.1, -0.05) is 20.3 Å². The van der Waals surface area contributed by atoms with Gasteiger partial charge in [-0.05, 0) is 50.9 Å². The second kappa shape index (κ2) is 5.51. The molecule has 1 aromatic heterocycles. The molecule has 2 aliphatic rings. The molecule has 3 heteroatoms. The van der Waals surface area contributed by atoms with Crippen molar-refractivity contribution in [2.75, 3.05) is 0 Å². The van der Waals surface area contributed by atoms with Gasteiger partial charge >= 0.3 is 0 Å². The lowest BCUT2D eigenvalue weighted by molar-refractivity contribution is 0.283. The van der Waals surface area contributed by atoms with Crippen LogP contribution in [0.15, 0.2) is 0 Å². The van der Waals surface area contributed by atoms with Gasteiger partial charge in [-0.3, -0.25) is 4.68 Å². The molecule has 0 saturated heterocycles. The SMILES string of the molecule is Cc1nn(CC2CC3CCC2C3)c(C)c1CNC(C)C. The van der Waals surface area contributed by atoms with Gasteiger partial charge in [-0.25, -0.2) is 0 Å². The smallest absolute Gasteiger partial charge is 0.0641 e. The van der Waals surface area contributed by atoms with Crippen molar-refractivity contribution in [3.8, 4) is 0 Å². The van der Waals surface area contributed by atoms with Crippen LogP contribution in [-0.2, 0) is 13.1 Å². The fraction of sp³-hybridized carbons (Fsp3) is 0.824. The lowest BCUT2D eigenvalue weighted by atomic mass is 9.89. The van der Waals surface area contributed by atoms with Crippen molar-refractivity contribution in [1.29, 1.82) is 0 Å². The Morgan fingerprint density at radius 1 is 1.25 bits per heavy atom. The van der Waals surface area contributed by atoms with Gasteiger partial charge < -0.3 is 5.32 Å². The van der Waals surface area contributed by atoms with Crippen molar-refractivity contribution >= 4 is 0 Å². The second-order valence-corrected chi connectivity index (χ2v) is 7.30. The third-order valence-electron chi connectivity index (χ3n) is 5.51. The van der Waals surface area contributed by atoms with Crippen molar-refractivity contribution in [2.24, 2.45) is 17.8 Å². The topological polar surface area (TPSA) is 29.9 Å². The van der Waals surface area contributed by atoms with Crippen LogP contribution in [0.5, 0.6) is 0 Å². The van der Waals surface area contributed by atoms with Crippen molar-refractivity contribution in [3.05, 3.63) is 17.0 Å². The van der Waals surface area contributed by atoms with Crippen LogP contribution in [0.25, 0.3) is 0 Å². The third-order valence-corrected chi connectivity index (χ3v) is 5.51. The number of rotatable bonds is 5. The molecular formula is C17H29N3. The van der Waals surface area contributed by atoms with E-state index in [9.17, 15) is 0 Å². The van der Waals surface area contributed by atoms with E-state index in [4.69, 9.17) is 5.10 Å². The third kappa shape index (κ3) is 2.65. The summed E-state index contributed by atoms with van der Waals surface area (Å²) in [7, 11) is 0. The minimum Gasteiger partial charge on any atom is -0.310 e. The quantitative estimate of drug-likeness (QED) is 0.892. The summed E-state index contributed by atoms with van der Waals surface area (Å²) >= 11 is 0. The first kappa shape index (κ1) is 14.1. The number of nitrogens with one attached hydrogen (secondary N) is 1. The summed E-state index contributed by atoms with van der Waals surface area (Å²) in [4.78, 5) is 0. The Morgan fingerprint density at radius 2 is 2.05 bits per heavy atom. The average Bonchev–Trinajstić information content (AvgIpc) is 3.05. The van der Waals surface area contributed by atoms with Gasteiger partial charge in [-0.15, -0.1) is 0 Å². The first-order chi connectivity index (χ1) is 9.54. The molecule has 0 spiro atoms. The van der Waals surface area contributed by atoms with E-state index in [1.165, 1.54) is 42.6 Å². The Balaban J connectivity index is 1.69. The van der Waals surface area contributed by atoms with E-state index in [0.717, 1.165) is 30.8 Å². The minimum absolute atomic E-state index is 0.530. The van der Waals surface area contributed by atoms with Crippen LogP contribution >= 0.6 is 0 Å². The summed E-state index contributed by atoms with van der Waals surface area (Å²) < 4.78 is 2.29. The number of aryl methyl sites for hydroxylation is 1. The van der Waals surface area contributed by atoms with Crippen molar-refractivity contribution in [2.45, 2.75) is 72.5 Å². The number of hydrogen-bond acceptors (Lipinski definition) is 2. The summed E-state index contributed by atoms with van der Waals surface area (Å²) in [5.41, 5.74) is 3.99. The van der Waals surface area contributed by atoms with Gasteiger partial charge in [0.25, 0.3) is 0 Å². The predicted octanol–water partition coefficient (Wildman–Crippen LogP) is 3.43. The van der Waals surface area contributed by atoms with E-state index < -0.39 is 0 Å². The molecule has 112 valence electrons. The number of aromatic nitrogens is 2. The van der Waals surface area contributed by atoms with Gasteiger partial charge in [-0.2, -0.15) is 5.10 Å². The van der Waals surface area contributed by atoms with Gasteiger partial charge in [0.15, 0.2) is 0 Å². The Hall–Kier alpha value is -0.830. The zero-order valence-electron chi connectivity index (χ0n) is 13.4. The molecule has 3 rings (SSSR count). The van der Waals surface area contributed by atoms with E-state index in [-0.39, 0.29) is 0 Å². The minimum atomic E-state index is 0.530. The van der Waals surface area contributed by atoms with Crippen molar-refractivity contribution < 1.29 is 0 Å². The molecule has 3 nitrogen and oxygen atoms in total. The molecule has 2 aliphatic carbocycles. The maximum atomic E-state index is 4.81. The molecule has 3 atom stereocenters. The van der Waals surface area contributed by atoms with Gasteiger partial charge in [0.1, 0.15) is 0 Å². The zero-order valence-corrected chi connectivity index (χ0v) is 13.4. The monoisotopic (exact) mass is 275 g/mol. The highest BCUT2D eigenvalue weighted by molar-refractivity contribution is 5.24. The first-order valence-electron chi connectivity index (χ1n) is 8.30. The molecule has 3 unspecified atom stereocenters. The molecule has 0 aliphatic heterocycles. The highest BCUT2D eigenvalue weighted by Crippen LogP contribution is 2.48. The first-order valence-corrected chi connectivity index (χ1v) is 8.30. The maximum absolute atomic E-state index is 4.81. The number of nitrogens with zero attached hydrogens (tertiary/aromatic N) is 2. The van der Waals surface area contributed by atoms with Gasteiger partial charge in [0, 0.05) is 30.4 Å². The van der Waals surface area contributed by atoms with E-state index in [1.54, 1.807) is 0 Å². The lowest BCUT2D eigenvalue weighted by Crippen LogP contribution is -2.23. The van der Waals surface area contributed by atoms with E-state index in [2.05, 4.69) is 37.7 Å². The van der Waals surface area contributed by atoms with Gasteiger partial charge in [0.05, 0.1) is 5.69 Å². The van der Waals surface area contributed by atoms with Crippen LogP contribution in [0.3, 0.4) is 0 Å². The molecular weight excluding hydrogens is 246 g/mol. The molecule has 0 aromatic carbocycles. The molecule has 20 heavy (non-hydrogen) atoms. The standard InChI is InChI=1S/C17H29N3/c1-11(2)18-9-17-12(3)19-20(13(17)4)10-16-8-14-5-6-15(16)7-14/h11,14-16,18H,5-10H2,1-4H3. The second-order valence-electron chi connectivity index (χ2n) is 7.30. The van der Waals surface area contributed by atoms with Crippen LogP contribution < -0.4 is 5.32 Å². The number of fused-ring (bicyclic) bond motifs is 2. The Morgan fingerprint density at radius 3 is 2.65 bits per heavy atom. The highest BCUT2D eigenvalue weighted by Gasteiger charge is 2.39. The summed E-state index contributed by atoms with van der Waals surface area (Å²) in [6.07, 6.45) is 5.90. The largest absolute Gasteiger partial charge is 0.310 e. The van der Waals surface area contributed by atoms with Crippen molar-refractivity contribution in [3.63, 3.8) is 0 Å². The van der Waals surface area contributed by atoms with Gasteiger partial charge in [0.2, 0.25) is 0 Å². The van der Waals surface area contributed by atoms with Crippen LogP contribution in [0.1, 0.15) is 56.5 Å². The Labute approximate surface area is 123 Å². The maximum Gasteiger partial charge on any atom is 0.0641 e. The molecule has 2 fully saturated rings. The molecule has 2 saturated carbocycles. The summed E-state index contributed by atoms with van der Waals surface area (Å²) in [5, 5.41) is 8.34. The summed E-state index contributed by atoms with van der Waals surface area (Å²) in [6, 6.07) is 0.530. The molecule has 2 bridgehead atoms. The summed E-state index contributed by atoms with van der Waals surface area (Å²) in [6.45, 7) is 10.9. The van der Waals surface area contributed by atoms with Crippen LogP contribution in [0.2, 0.25) is 0 Å². The molecule has 0 amide bonds. The zero-order chi connectivity index (χ0) is 14.3. The van der Waals surface area contributed by atoms with E-state index in [1.807, 2.05) is 0 Å². The summed E-state index contributed by atoms with van der Waals surface area (Å²) in [5.74, 6) is 2.91. The Kier molecular flexibility index (Phi) is 3.89. The molecule has 0 radical (unpaired) electrons. The number of hydrogen-bond donors (Lipinski definition) is 1. The predicted molar refractivity (Wildman–Crippen MR) is 82.6 cm³/mol. The van der Waals surface area contributed by atoms with Crippen LogP contribution in [0, 0.1) is 31.6 Å². The molecule has 1 heterocycles. The lowest BCUT2D eigenvalue weighted by Gasteiger charge is -2.22.